The van der Waals surface area contributed by atoms with E-state index >= 15 is 0 Å². The summed E-state index contributed by atoms with van der Waals surface area (Å²) < 4.78 is 4.81. The van der Waals surface area contributed by atoms with Gasteiger partial charge < -0.3 is 0 Å². The van der Waals surface area contributed by atoms with E-state index in [9.17, 15) is 0 Å². The average molecular weight is 464 g/mol. The zero-order valence-electron chi connectivity index (χ0n) is 17.2. The van der Waals surface area contributed by atoms with E-state index in [0.717, 1.165) is 51.3 Å². The maximum atomic E-state index is 6.11. The number of hydrazone groups is 1. The van der Waals surface area contributed by atoms with E-state index in [2.05, 4.69) is 42.3 Å². The maximum Gasteiger partial charge on any atom is 0.191 e. The number of thioether (sulfide) groups is 1. The zero-order valence-corrected chi connectivity index (χ0v) is 19.6. The SMILES string of the molecule is C#CC1=C(SN=C(SC)N2CC(c3ccccc3)C(c3ccc(Cl)cc3)=N2)C=CCC1. The van der Waals surface area contributed by atoms with E-state index in [1.165, 1.54) is 17.5 Å². The number of allylic oxidation sites excluding steroid dienone is 3. The standard InChI is InChI=1S/C25H22ClN3S2/c1-3-18-9-7-8-12-23(18)31-28-25(30-2)29-17-22(19-10-5-4-6-11-19)24(27-29)20-13-15-21(26)16-14-20/h1,4-6,8,10-16,22H,7,9,17H2,2H3. The number of benzene rings is 2. The van der Waals surface area contributed by atoms with Gasteiger partial charge in [-0.05, 0) is 48.4 Å². The molecule has 0 N–H and O–H groups in total. The second-order valence-corrected chi connectivity index (χ2v) is 9.15. The van der Waals surface area contributed by atoms with E-state index < -0.39 is 0 Å². The molecule has 2 aromatic carbocycles. The molecule has 0 radical (unpaired) electrons. The van der Waals surface area contributed by atoms with Crippen LogP contribution >= 0.6 is 35.3 Å². The number of halogens is 1. The van der Waals surface area contributed by atoms with Gasteiger partial charge in [-0.1, -0.05) is 77.8 Å². The lowest BCUT2D eigenvalue weighted by molar-refractivity contribution is 0.486. The number of terminal acetylenes is 1. The molecule has 0 spiro atoms. The van der Waals surface area contributed by atoms with Crippen molar-refractivity contribution in [2.24, 2.45) is 9.50 Å². The van der Waals surface area contributed by atoms with E-state index in [1.54, 1.807) is 11.8 Å². The van der Waals surface area contributed by atoms with Crippen LogP contribution in [-0.4, -0.2) is 28.7 Å². The van der Waals surface area contributed by atoms with Gasteiger partial charge in [0.25, 0.3) is 0 Å². The lowest BCUT2D eigenvalue weighted by Gasteiger charge is -2.17. The summed E-state index contributed by atoms with van der Waals surface area (Å²) in [6.07, 6.45) is 13.8. The number of hydrogen-bond donors (Lipinski definition) is 0. The van der Waals surface area contributed by atoms with Gasteiger partial charge in [0.15, 0.2) is 5.17 Å². The first-order chi connectivity index (χ1) is 15.2. The highest BCUT2D eigenvalue weighted by atomic mass is 35.5. The normalized spacial score (nSPS) is 18.9. The van der Waals surface area contributed by atoms with Gasteiger partial charge in [-0.15, -0.1) is 6.42 Å². The third-order valence-corrected chi connectivity index (χ3v) is 7.06. The summed E-state index contributed by atoms with van der Waals surface area (Å²) in [4.78, 5) is 1.04. The van der Waals surface area contributed by atoms with Crippen LogP contribution in [0.5, 0.6) is 0 Å². The molecule has 0 amide bonds. The Kier molecular flexibility index (Phi) is 7.24. The van der Waals surface area contributed by atoms with Crippen LogP contribution in [0, 0.1) is 12.3 Å². The van der Waals surface area contributed by atoms with E-state index in [4.69, 9.17) is 27.5 Å². The molecule has 4 rings (SSSR count). The summed E-state index contributed by atoms with van der Waals surface area (Å²) in [7, 11) is 0. The van der Waals surface area contributed by atoms with Crippen LogP contribution in [0.15, 0.2) is 86.7 Å². The Bertz CT molecular complexity index is 1100. The van der Waals surface area contributed by atoms with E-state index in [0.29, 0.717) is 0 Å². The largest absolute Gasteiger partial charge is 0.241 e. The maximum absolute atomic E-state index is 6.11. The van der Waals surface area contributed by atoms with Gasteiger partial charge in [-0.2, -0.15) is 9.50 Å². The van der Waals surface area contributed by atoms with Crippen LogP contribution < -0.4 is 0 Å². The minimum Gasteiger partial charge on any atom is -0.241 e. The highest BCUT2D eigenvalue weighted by molar-refractivity contribution is 8.14. The predicted molar refractivity (Wildman–Crippen MR) is 137 cm³/mol. The van der Waals surface area contributed by atoms with Gasteiger partial charge >= 0.3 is 0 Å². The zero-order chi connectivity index (χ0) is 21.6. The molecular weight excluding hydrogens is 442 g/mol. The van der Waals surface area contributed by atoms with E-state index in [1.807, 2.05) is 41.6 Å². The Labute approximate surface area is 197 Å². The Morgan fingerprint density at radius 1 is 1.19 bits per heavy atom. The molecule has 1 aliphatic heterocycles. The average Bonchev–Trinajstić information content (AvgIpc) is 3.26. The summed E-state index contributed by atoms with van der Waals surface area (Å²) in [6.45, 7) is 0.735. The molecule has 6 heteroatoms. The van der Waals surface area contributed by atoms with Crippen molar-refractivity contribution in [3.63, 3.8) is 0 Å². The van der Waals surface area contributed by atoms with Crippen molar-refractivity contribution in [2.75, 3.05) is 12.8 Å². The summed E-state index contributed by atoms with van der Waals surface area (Å²) in [5.41, 5.74) is 4.35. The molecule has 3 nitrogen and oxygen atoms in total. The van der Waals surface area contributed by atoms with Gasteiger partial charge in [-0.3, -0.25) is 0 Å². The summed E-state index contributed by atoms with van der Waals surface area (Å²) >= 11 is 9.14. The molecular formula is C25H22ClN3S2. The summed E-state index contributed by atoms with van der Waals surface area (Å²) in [5, 5.41) is 8.57. The molecule has 0 fully saturated rings. The molecule has 1 heterocycles. The Morgan fingerprint density at radius 3 is 2.68 bits per heavy atom. The van der Waals surface area contributed by atoms with Crippen molar-refractivity contribution >= 4 is 46.2 Å². The Hall–Kier alpha value is -2.39. The minimum atomic E-state index is 0.153. The van der Waals surface area contributed by atoms with E-state index in [-0.39, 0.29) is 5.92 Å². The summed E-state index contributed by atoms with van der Waals surface area (Å²) in [5.74, 6) is 2.96. The number of rotatable bonds is 4. The molecule has 0 aromatic heterocycles. The van der Waals surface area contributed by atoms with Crippen molar-refractivity contribution in [1.82, 2.24) is 5.01 Å². The highest BCUT2D eigenvalue weighted by Gasteiger charge is 2.31. The van der Waals surface area contributed by atoms with Crippen LogP contribution in [-0.2, 0) is 0 Å². The van der Waals surface area contributed by atoms with Crippen molar-refractivity contribution in [1.29, 1.82) is 0 Å². The third kappa shape index (κ3) is 5.10. The van der Waals surface area contributed by atoms with Crippen molar-refractivity contribution in [2.45, 2.75) is 18.8 Å². The Morgan fingerprint density at radius 2 is 1.97 bits per heavy atom. The molecule has 1 unspecified atom stereocenters. The predicted octanol–water partition coefficient (Wildman–Crippen LogP) is 6.75. The van der Waals surface area contributed by atoms with Crippen LogP contribution in [0.4, 0.5) is 0 Å². The van der Waals surface area contributed by atoms with Gasteiger partial charge in [0, 0.05) is 33.4 Å². The van der Waals surface area contributed by atoms with Crippen molar-refractivity contribution < 1.29 is 0 Å². The van der Waals surface area contributed by atoms with Gasteiger partial charge in [0.2, 0.25) is 0 Å². The third-order valence-electron chi connectivity index (χ3n) is 5.18. The fourth-order valence-corrected chi connectivity index (χ4v) is 5.16. The van der Waals surface area contributed by atoms with Crippen molar-refractivity contribution in [3.8, 4) is 12.3 Å². The lowest BCUT2D eigenvalue weighted by atomic mass is 9.91. The second-order valence-electron chi connectivity index (χ2n) is 7.13. The molecule has 2 aromatic rings. The first-order valence-electron chi connectivity index (χ1n) is 10.0. The minimum absolute atomic E-state index is 0.153. The number of amidine groups is 1. The quantitative estimate of drug-likeness (QED) is 0.217. The monoisotopic (exact) mass is 463 g/mol. The van der Waals surface area contributed by atoms with Crippen LogP contribution in [0.25, 0.3) is 0 Å². The topological polar surface area (TPSA) is 28.0 Å². The number of nitrogens with zero attached hydrogens (tertiary/aromatic N) is 3. The first kappa shape index (κ1) is 21.8. The lowest BCUT2D eigenvalue weighted by Crippen LogP contribution is -2.23. The molecule has 0 saturated heterocycles. The van der Waals surface area contributed by atoms with Crippen LogP contribution in [0.2, 0.25) is 5.02 Å². The van der Waals surface area contributed by atoms with Crippen LogP contribution in [0.1, 0.15) is 29.9 Å². The van der Waals surface area contributed by atoms with Crippen LogP contribution in [0.3, 0.4) is 0 Å². The molecule has 2 aliphatic rings. The molecule has 1 atom stereocenters. The molecule has 31 heavy (non-hydrogen) atoms. The highest BCUT2D eigenvalue weighted by Crippen LogP contribution is 2.33. The fraction of sp³-hybridized carbons (Fsp3) is 0.200. The molecule has 1 aliphatic carbocycles. The number of hydrogen-bond acceptors (Lipinski definition) is 4. The second kappa shape index (κ2) is 10.3. The van der Waals surface area contributed by atoms with Gasteiger partial charge in [0.1, 0.15) is 0 Å². The van der Waals surface area contributed by atoms with Gasteiger partial charge in [-0.25, -0.2) is 5.01 Å². The molecule has 156 valence electrons. The van der Waals surface area contributed by atoms with Gasteiger partial charge in [0.05, 0.1) is 12.3 Å². The Balaban J connectivity index is 1.65. The van der Waals surface area contributed by atoms with Crippen molar-refractivity contribution in [3.05, 3.63) is 93.4 Å². The first-order valence-corrected chi connectivity index (χ1v) is 12.4. The molecule has 0 bridgehead atoms. The smallest absolute Gasteiger partial charge is 0.191 e. The fourth-order valence-electron chi connectivity index (χ4n) is 3.60. The summed E-state index contributed by atoms with van der Waals surface area (Å²) in [6, 6.07) is 18.4. The molecule has 0 saturated carbocycles.